The Morgan fingerprint density at radius 1 is 1.00 bits per heavy atom. The second-order valence-electron chi connectivity index (χ2n) is 4.39. The van der Waals surface area contributed by atoms with E-state index < -0.39 is 9.84 Å². The van der Waals surface area contributed by atoms with Gasteiger partial charge in [-0.25, -0.2) is 8.42 Å². The molecule has 0 aliphatic heterocycles. The molecule has 0 fully saturated rings. The average molecular weight is 339 g/mol. The molecule has 0 aromatic heterocycles. The van der Waals surface area contributed by atoms with Crippen LogP contribution in [0.3, 0.4) is 0 Å². The minimum atomic E-state index is -3.29. The van der Waals surface area contributed by atoms with Crippen LogP contribution in [0.25, 0.3) is 0 Å². The van der Waals surface area contributed by atoms with E-state index in [0.717, 1.165) is 11.1 Å². The highest BCUT2D eigenvalue weighted by molar-refractivity contribution is 9.09. The maximum absolute atomic E-state index is 12.4. The van der Waals surface area contributed by atoms with E-state index in [1.165, 1.54) is 0 Å². The number of hydrogen-bond acceptors (Lipinski definition) is 2. The SMILES string of the molecule is CC(Br)c1ccccc1CS(=O)(=O)c1ccccc1. The number of halogens is 1. The highest BCUT2D eigenvalue weighted by Crippen LogP contribution is 2.27. The van der Waals surface area contributed by atoms with Crippen LogP contribution in [0, 0.1) is 0 Å². The summed E-state index contributed by atoms with van der Waals surface area (Å²) in [6, 6.07) is 16.2. The molecule has 0 aliphatic rings. The fourth-order valence-electron chi connectivity index (χ4n) is 1.97. The first-order valence-corrected chi connectivity index (χ1v) is 8.57. The molecule has 0 saturated heterocycles. The summed E-state index contributed by atoms with van der Waals surface area (Å²) >= 11 is 3.50. The standard InChI is InChI=1S/C15H15BrO2S/c1-12(16)15-10-6-5-7-13(15)11-19(17,18)14-8-3-2-4-9-14/h2-10,12H,11H2,1H3. The predicted molar refractivity (Wildman–Crippen MR) is 81.1 cm³/mol. The average Bonchev–Trinajstić information content (AvgIpc) is 2.39. The van der Waals surface area contributed by atoms with Gasteiger partial charge in [0.1, 0.15) is 0 Å². The molecule has 0 bridgehead atoms. The lowest BCUT2D eigenvalue weighted by molar-refractivity contribution is 0.595. The molecule has 0 amide bonds. The minimum absolute atomic E-state index is 0.0309. The third-order valence-corrected chi connectivity index (χ3v) is 5.11. The van der Waals surface area contributed by atoms with Crippen LogP contribution in [-0.4, -0.2) is 8.42 Å². The van der Waals surface area contributed by atoms with E-state index in [1.807, 2.05) is 37.3 Å². The molecule has 100 valence electrons. The highest BCUT2D eigenvalue weighted by Gasteiger charge is 2.17. The summed E-state index contributed by atoms with van der Waals surface area (Å²) in [5.74, 6) is 0.0309. The Hall–Kier alpha value is -1.13. The van der Waals surface area contributed by atoms with Crippen molar-refractivity contribution in [2.45, 2.75) is 22.4 Å². The predicted octanol–water partition coefficient (Wildman–Crippen LogP) is 4.12. The summed E-state index contributed by atoms with van der Waals surface area (Å²) < 4.78 is 24.7. The Morgan fingerprint density at radius 3 is 2.21 bits per heavy atom. The zero-order valence-corrected chi connectivity index (χ0v) is 13.0. The van der Waals surface area contributed by atoms with Gasteiger partial charge in [-0.1, -0.05) is 58.4 Å². The van der Waals surface area contributed by atoms with E-state index in [0.29, 0.717) is 4.90 Å². The van der Waals surface area contributed by atoms with Crippen molar-refractivity contribution in [3.05, 3.63) is 65.7 Å². The molecule has 0 saturated carbocycles. The van der Waals surface area contributed by atoms with Gasteiger partial charge in [0.25, 0.3) is 0 Å². The van der Waals surface area contributed by atoms with Gasteiger partial charge in [-0.2, -0.15) is 0 Å². The monoisotopic (exact) mass is 338 g/mol. The molecule has 0 heterocycles. The summed E-state index contributed by atoms with van der Waals surface area (Å²) in [7, 11) is -3.29. The summed E-state index contributed by atoms with van der Waals surface area (Å²) in [5, 5.41) is 0. The normalized spacial score (nSPS) is 13.2. The van der Waals surface area contributed by atoms with Crippen LogP contribution >= 0.6 is 15.9 Å². The lowest BCUT2D eigenvalue weighted by Gasteiger charge is -2.12. The van der Waals surface area contributed by atoms with Gasteiger partial charge < -0.3 is 0 Å². The van der Waals surface area contributed by atoms with E-state index in [2.05, 4.69) is 15.9 Å². The summed E-state index contributed by atoms with van der Waals surface area (Å²) in [6.07, 6.45) is 0. The van der Waals surface area contributed by atoms with Crippen molar-refractivity contribution in [1.82, 2.24) is 0 Å². The maximum atomic E-state index is 12.4. The Morgan fingerprint density at radius 2 is 1.58 bits per heavy atom. The molecule has 1 atom stereocenters. The molecular weight excluding hydrogens is 324 g/mol. The lowest BCUT2D eigenvalue weighted by Crippen LogP contribution is -2.07. The second kappa shape index (κ2) is 5.88. The van der Waals surface area contributed by atoms with Crippen molar-refractivity contribution in [3.63, 3.8) is 0 Å². The summed E-state index contributed by atoms with van der Waals surface area (Å²) in [6.45, 7) is 1.99. The van der Waals surface area contributed by atoms with Crippen molar-refractivity contribution in [1.29, 1.82) is 0 Å². The van der Waals surface area contributed by atoms with Crippen LogP contribution in [0.15, 0.2) is 59.5 Å². The summed E-state index contributed by atoms with van der Waals surface area (Å²) in [5.41, 5.74) is 1.86. The fourth-order valence-corrected chi connectivity index (χ4v) is 3.83. The van der Waals surface area contributed by atoms with E-state index >= 15 is 0 Å². The van der Waals surface area contributed by atoms with Gasteiger partial charge in [-0.05, 0) is 30.2 Å². The molecule has 0 spiro atoms. The first-order chi connectivity index (χ1) is 9.00. The molecular formula is C15H15BrO2S. The molecule has 2 aromatic carbocycles. The number of alkyl halides is 1. The van der Waals surface area contributed by atoms with Crippen molar-refractivity contribution in [2.75, 3.05) is 0 Å². The van der Waals surface area contributed by atoms with Crippen LogP contribution in [0.4, 0.5) is 0 Å². The molecule has 0 N–H and O–H groups in total. The van der Waals surface area contributed by atoms with Crippen molar-refractivity contribution < 1.29 is 8.42 Å². The number of rotatable bonds is 4. The van der Waals surface area contributed by atoms with Gasteiger partial charge in [-0.15, -0.1) is 0 Å². The van der Waals surface area contributed by atoms with Gasteiger partial charge in [0, 0.05) is 4.83 Å². The smallest absolute Gasteiger partial charge is 0.182 e. The Balaban J connectivity index is 2.37. The maximum Gasteiger partial charge on any atom is 0.182 e. The highest BCUT2D eigenvalue weighted by atomic mass is 79.9. The van der Waals surface area contributed by atoms with E-state index in [-0.39, 0.29) is 10.6 Å². The number of hydrogen-bond donors (Lipinski definition) is 0. The summed E-state index contributed by atoms with van der Waals surface area (Å²) in [4.78, 5) is 0.502. The van der Waals surface area contributed by atoms with E-state index in [1.54, 1.807) is 24.3 Å². The van der Waals surface area contributed by atoms with Crippen molar-refractivity contribution in [3.8, 4) is 0 Å². The zero-order chi connectivity index (χ0) is 13.9. The molecule has 19 heavy (non-hydrogen) atoms. The molecule has 0 radical (unpaired) electrons. The third-order valence-electron chi connectivity index (χ3n) is 2.93. The zero-order valence-electron chi connectivity index (χ0n) is 10.6. The minimum Gasteiger partial charge on any atom is -0.223 e. The van der Waals surface area contributed by atoms with Crippen LogP contribution in [0.5, 0.6) is 0 Å². The second-order valence-corrected chi connectivity index (χ2v) is 7.75. The van der Waals surface area contributed by atoms with Gasteiger partial charge in [-0.3, -0.25) is 0 Å². The van der Waals surface area contributed by atoms with Crippen LogP contribution in [0.1, 0.15) is 22.9 Å². The lowest BCUT2D eigenvalue weighted by atomic mass is 10.1. The Kier molecular flexibility index (Phi) is 4.42. The Bertz CT molecular complexity index is 649. The van der Waals surface area contributed by atoms with E-state index in [4.69, 9.17) is 0 Å². The topological polar surface area (TPSA) is 34.1 Å². The largest absolute Gasteiger partial charge is 0.223 e. The fraction of sp³-hybridized carbons (Fsp3) is 0.200. The quantitative estimate of drug-likeness (QED) is 0.786. The molecule has 4 heteroatoms. The van der Waals surface area contributed by atoms with E-state index in [9.17, 15) is 8.42 Å². The molecule has 2 nitrogen and oxygen atoms in total. The van der Waals surface area contributed by atoms with Gasteiger partial charge in [0.2, 0.25) is 0 Å². The first kappa shape index (κ1) is 14.3. The van der Waals surface area contributed by atoms with Crippen LogP contribution in [0.2, 0.25) is 0 Å². The molecule has 2 rings (SSSR count). The van der Waals surface area contributed by atoms with Crippen molar-refractivity contribution in [2.24, 2.45) is 0 Å². The molecule has 1 unspecified atom stereocenters. The van der Waals surface area contributed by atoms with Gasteiger partial charge in [0.15, 0.2) is 9.84 Å². The third kappa shape index (κ3) is 3.45. The number of sulfone groups is 1. The molecule has 2 aromatic rings. The molecule has 0 aliphatic carbocycles. The number of benzene rings is 2. The van der Waals surface area contributed by atoms with Crippen LogP contribution in [-0.2, 0) is 15.6 Å². The van der Waals surface area contributed by atoms with Crippen LogP contribution < -0.4 is 0 Å². The Labute approximate surface area is 122 Å². The van der Waals surface area contributed by atoms with Gasteiger partial charge >= 0.3 is 0 Å². The van der Waals surface area contributed by atoms with Gasteiger partial charge in [0.05, 0.1) is 10.6 Å². The first-order valence-electron chi connectivity index (χ1n) is 6.00. The van der Waals surface area contributed by atoms with Crippen molar-refractivity contribution >= 4 is 25.8 Å².